The Hall–Kier alpha value is -1.96. The molecule has 3 rings (SSSR count). The first-order valence-electron chi connectivity index (χ1n) is 9.17. The maximum Gasteiger partial charge on any atom is 0.413 e. The molecule has 1 saturated heterocycles. The van der Waals surface area contributed by atoms with Crippen LogP contribution in [0.15, 0.2) is 35.7 Å². The lowest BCUT2D eigenvalue weighted by atomic mass is 10.0. The Labute approximate surface area is 164 Å². The van der Waals surface area contributed by atoms with E-state index in [9.17, 15) is 9.90 Å². The molecule has 1 amide bonds. The summed E-state index contributed by atoms with van der Waals surface area (Å²) in [4.78, 5) is 18.6. The summed E-state index contributed by atoms with van der Waals surface area (Å²) in [6.45, 7) is 7.82. The molecule has 0 spiro atoms. The first-order chi connectivity index (χ1) is 12.8. The average molecular weight is 390 g/mol. The Kier molecular flexibility index (Phi) is 6.14. The van der Waals surface area contributed by atoms with Crippen LogP contribution in [0, 0.1) is 5.92 Å². The first kappa shape index (κ1) is 19.8. The van der Waals surface area contributed by atoms with Gasteiger partial charge in [-0.05, 0) is 32.8 Å². The number of rotatable bonds is 5. The van der Waals surface area contributed by atoms with E-state index in [4.69, 9.17) is 4.74 Å². The second kappa shape index (κ2) is 8.37. The predicted molar refractivity (Wildman–Crippen MR) is 107 cm³/mol. The topological polar surface area (TPSA) is 74.7 Å². The molecule has 2 N–H and O–H groups in total. The van der Waals surface area contributed by atoms with E-state index >= 15 is 0 Å². The number of nitrogens with one attached hydrogen (secondary N) is 1. The highest BCUT2D eigenvalue weighted by atomic mass is 32.1. The van der Waals surface area contributed by atoms with Gasteiger partial charge in [0.2, 0.25) is 0 Å². The maximum atomic E-state index is 11.8. The van der Waals surface area contributed by atoms with Crippen LogP contribution in [0.2, 0.25) is 0 Å². The normalized spacial score (nSPS) is 20.6. The van der Waals surface area contributed by atoms with Crippen molar-refractivity contribution >= 4 is 22.6 Å². The zero-order chi connectivity index (χ0) is 19.4. The van der Waals surface area contributed by atoms with E-state index in [0.29, 0.717) is 18.1 Å². The molecule has 0 aliphatic carbocycles. The monoisotopic (exact) mass is 389 g/mol. The van der Waals surface area contributed by atoms with Crippen LogP contribution in [0.3, 0.4) is 0 Å². The van der Waals surface area contributed by atoms with E-state index in [2.05, 4.69) is 27.3 Å². The molecule has 0 bridgehead atoms. The van der Waals surface area contributed by atoms with Crippen LogP contribution in [-0.4, -0.2) is 45.9 Å². The van der Waals surface area contributed by atoms with E-state index in [1.165, 1.54) is 16.9 Å². The molecule has 2 heterocycles. The van der Waals surface area contributed by atoms with Gasteiger partial charge in [-0.25, -0.2) is 9.78 Å². The molecule has 1 fully saturated rings. The third-order valence-electron chi connectivity index (χ3n) is 4.36. The number of hydrogen-bond acceptors (Lipinski definition) is 6. The largest absolute Gasteiger partial charge is 0.444 e. The van der Waals surface area contributed by atoms with Crippen molar-refractivity contribution in [3.63, 3.8) is 0 Å². The molecule has 2 atom stereocenters. The summed E-state index contributed by atoms with van der Waals surface area (Å²) in [6, 6.07) is 10.3. The number of thiazole rings is 1. The van der Waals surface area contributed by atoms with Crippen LogP contribution < -0.4 is 5.32 Å². The zero-order valence-electron chi connectivity index (χ0n) is 16.0. The second-order valence-corrected chi connectivity index (χ2v) is 8.84. The molecule has 1 aliphatic heterocycles. The number of aromatic nitrogens is 1. The Balaban J connectivity index is 1.52. The highest BCUT2D eigenvalue weighted by Crippen LogP contribution is 2.25. The minimum Gasteiger partial charge on any atom is -0.444 e. The third kappa shape index (κ3) is 6.02. The molecule has 1 aromatic carbocycles. The molecule has 0 unspecified atom stereocenters. The number of likely N-dealkylation sites (tertiary alicyclic amines) is 1. The number of benzene rings is 1. The van der Waals surface area contributed by atoms with Crippen LogP contribution in [0.5, 0.6) is 0 Å². The number of carbonyl (C=O) groups is 1. The fourth-order valence-corrected chi connectivity index (χ4v) is 3.94. The van der Waals surface area contributed by atoms with Crippen molar-refractivity contribution in [2.24, 2.45) is 5.92 Å². The van der Waals surface area contributed by atoms with E-state index in [1.807, 2.05) is 44.4 Å². The van der Waals surface area contributed by atoms with Crippen LogP contribution in [0.25, 0.3) is 0 Å². The van der Waals surface area contributed by atoms with Gasteiger partial charge in [0.15, 0.2) is 5.13 Å². The summed E-state index contributed by atoms with van der Waals surface area (Å²) in [5.41, 5.74) is 1.60. The number of β-amino-alcohol motifs (C(OH)–C–C–N with tert-alkyl or cyclic N) is 1. The van der Waals surface area contributed by atoms with E-state index in [0.717, 1.165) is 18.8 Å². The molecule has 0 saturated carbocycles. The third-order valence-corrected chi connectivity index (χ3v) is 5.17. The summed E-state index contributed by atoms with van der Waals surface area (Å²) >= 11 is 1.37. The number of anilines is 1. The number of nitrogens with zero attached hydrogens (tertiary/aromatic N) is 2. The van der Waals surface area contributed by atoms with Crippen LogP contribution in [0.1, 0.15) is 32.0 Å². The molecule has 0 radical (unpaired) electrons. The number of aliphatic hydroxyl groups is 1. The van der Waals surface area contributed by atoms with Crippen molar-refractivity contribution in [2.75, 3.05) is 18.4 Å². The van der Waals surface area contributed by atoms with Crippen LogP contribution in [-0.2, 0) is 17.7 Å². The lowest BCUT2D eigenvalue weighted by Gasteiger charge is -2.18. The number of amides is 1. The van der Waals surface area contributed by atoms with Gasteiger partial charge in [-0.3, -0.25) is 10.2 Å². The first-order valence-corrected chi connectivity index (χ1v) is 10.1. The quantitative estimate of drug-likeness (QED) is 0.818. The zero-order valence-corrected chi connectivity index (χ0v) is 16.8. The smallest absolute Gasteiger partial charge is 0.413 e. The van der Waals surface area contributed by atoms with Gasteiger partial charge in [0.1, 0.15) is 5.60 Å². The molecule has 2 aromatic rings. The van der Waals surface area contributed by atoms with Crippen molar-refractivity contribution in [1.82, 2.24) is 9.88 Å². The Morgan fingerprint density at radius 3 is 2.78 bits per heavy atom. The maximum absolute atomic E-state index is 11.8. The summed E-state index contributed by atoms with van der Waals surface area (Å²) in [6.07, 6.45) is -0.171. The van der Waals surface area contributed by atoms with E-state index in [-0.39, 0.29) is 12.0 Å². The van der Waals surface area contributed by atoms with Crippen LogP contribution >= 0.6 is 11.3 Å². The lowest BCUT2D eigenvalue weighted by molar-refractivity contribution is 0.0636. The van der Waals surface area contributed by atoms with Crippen molar-refractivity contribution in [1.29, 1.82) is 0 Å². The minimum absolute atomic E-state index is 0.144. The van der Waals surface area contributed by atoms with Crippen molar-refractivity contribution in [3.8, 4) is 0 Å². The van der Waals surface area contributed by atoms with Gasteiger partial charge < -0.3 is 9.84 Å². The van der Waals surface area contributed by atoms with E-state index < -0.39 is 11.7 Å². The lowest BCUT2D eigenvalue weighted by Crippen LogP contribution is -2.27. The summed E-state index contributed by atoms with van der Waals surface area (Å²) in [5, 5.41) is 15.5. The number of hydrogen-bond donors (Lipinski definition) is 2. The fourth-order valence-electron chi connectivity index (χ4n) is 3.23. The number of aliphatic hydroxyl groups excluding tert-OH is 1. The number of ether oxygens (including phenoxy) is 1. The SMILES string of the molecule is CC(C)(C)OC(=O)Nc1nc(C[C@@H]2CN(Cc3ccccc3)C[C@H]2O)cs1. The molecule has 6 nitrogen and oxygen atoms in total. The average Bonchev–Trinajstić information content (AvgIpc) is 3.13. The van der Waals surface area contributed by atoms with Gasteiger partial charge >= 0.3 is 6.09 Å². The Morgan fingerprint density at radius 1 is 1.33 bits per heavy atom. The minimum atomic E-state index is -0.541. The van der Waals surface area contributed by atoms with E-state index in [1.54, 1.807) is 0 Å². The Morgan fingerprint density at radius 2 is 2.07 bits per heavy atom. The highest BCUT2D eigenvalue weighted by Gasteiger charge is 2.31. The molecular formula is C20H27N3O3S. The van der Waals surface area contributed by atoms with Gasteiger partial charge in [0, 0.05) is 30.9 Å². The predicted octanol–water partition coefficient (Wildman–Crippen LogP) is 3.53. The van der Waals surface area contributed by atoms with Crippen LogP contribution in [0.4, 0.5) is 9.93 Å². The number of carbonyl (C=O) groups excluding carboxylic acids is 1. The fraction of sp³-hybridized carbons (Fsp3) is 0.500. The molecule has 1 aliphatic rings. The van der Waals surface area contributed by atoms with Gasteiger partial charge in [0.05, 0.1) is 11.8 Å². The van der Waals surface area contributed by atoms with Gasteiger partial charge in [0.25, 0.3) is 0 Å². The summed E-state index contributed by atoms with van der Waals surface area (Å²) in [7, 11) is 0. The Bertz CT molecular complexity index is 757. The summed E-state index contributed by atoms with van der Waals surface area (Å²) in [5.74, 6) is 0.144. The highest BCUT2D eigenvalue weighted by molar-refractivity contribution is 7.13. The molecule has 7 heteroatoms. The molecule has 27 heavy (non-hydrogen) atoms. The van der Waals surface area contributed by atoms with Gasteiger partial charge in [-0.1, -0.05) is 30.3 Å². The summed E-state index contributed by atoms with van der Waals surface area (Å²) < 4.78 is 5.24. The second-order valence-electron chi connectivity index (χ2n) is 7.98. The molecular weight excluding hydrogens is 362 g/mol. The molecule has 146 valence electrons. The van der Waals surface area contributed by atoms with Crippen molar-refractivity contribution < 1.29 is 14.6 Å². The van der Waals surface area contributed by atoms with Gasteiger partial charge in [-0.15, -0.1) is 11.3 Å². The van der Waals surface area contributed by atoms with Crippen molar-refractivity contribution in [2.45, 2.75) is 45.4 Å². The van der Waals surface area contributed by atoms with Crippen molar-refractivity contribution in [3.05, 3.63) is 47.0 Å². The van der Waals surface area contributed by atoms with Gasteiger partial charge in [-0.2, -0.15) is 0 Å². The standard InChI is InChI=1S/C20H27N3O3S/c1-20(2,3)26-19(25)22-18-21-16(13-27-18)9-15-11-23(12-17(15)24)10-14-7-5-4-6-8-14/h4-8,13,15,17,24H,9-12H2,1-3H3,(H,21,22,25)/t15-,17-/m1/s1. The molecule has 1 aromatic heterocycles.